The van der Waals surface area contributed by atoms with Gasteiger partial charge in [-0.3, -0.25) is 0 Å². The van der Waals surface area contributed by atoms with Gasteiger partial charge in [0.15, 0.2) is 0 Å². The van der Waals surface area contributed by atoms with Crippen LogP contribution in [-0.2, 0) is 4.74 Å². The quantitative estimate of drug-likeness (QED) is 0.775. The van der Waals surface area contributed by atoms with E-state index in [2.05, 4.69) is 33.0 Å². The van der Waals surface area contributed by atoms with Gasteiger partial charge in [0, 0.05) is 19.8 Å². The predicted molar refractivity (Wildman–Crippen MR) is 73.0 cm³/mol. The van der Waals surface area contributed by atoms with Gasteiger partial charge >= 0.3 is 0 Å². The van der Waals surface area contributed by atoms with E-state index in [9.17, 15) is 0 Å². The lowest BCUT2D eigenvalue weighted by molar-refractivity contribution is 0.0184. The van der Waals surface area contributed by atoms with Gasteiger partial charge in [0.05, 0.1) is 0 Å². The van der Waals surface area contributed by atoms with Crippen LogP contribution in [0.1, 0.15) is 40.5 Å². The van der Waals surface area contributed by atoms with Gasteiger partial charge in [0.1, 0.15) is 0 Å². The second-order valence-electron chi connectivity index (χ2n) is 6.71. The molecule has 102 valence electrons. The van der Waals surface area contributed by atoms with Crippen LogP contribution in [0.25, 0.3) is 0 Å². The topological polar surface area (TPSA) is 47.3 Å². The Morgan fingerprint density at radius 2 is 1.88 bits per heavy atom. The molecule has 0 aromatic carbocycles. The van der Waals surface area contributed by atoms with Crippen molar-refractivity contribution in [3.05, 3.63) is 0 Å². The van der Waals surface area contributed by atoms with E-state index in [0.29, 0.717) is 11.3 Å². The summed E-state index contributed by atoms with van der Waals surface area (Å²) in [6.07, 6.45) is 2.20. The van der Waals surface area contributed by atoms with E-state index in [0.717, 1.165) is 45.7 Å². The molecular formula is C14H30N2O. The van der Waals surface area contributed by atoms with Crippen molar-refractivity contribution in [3.8, 4) is 0 Å². The largest absolute Gasteiger partial charge is 0.381 e. The smallest absolute Gasteiger partial charge is 0.0472 e. The third-order valence-electron chi connectivity index (χ3n) is 4.42. The first-order chi connectivity index (χ1) is 7.90. The Balaban J connectivity index is 2.33. The molecule has 0 aromatic rings. The summed E-state index contributed by atoms with van der Waals surface area (Å²) < 4.78 is 5.42. The molecule has 1 heterocycles. The Morgan fingerprint density at radius 3 is 2.35 bits per heavy atom. The molecule has 0 aliphatic carbocycles. The molecule has 0 aromatic heterocycles. The van der Waals surface area contributed by atoms with Crippen LogP contribution in [0.5, 0.6) is 0 Å². The minimum Gasteiger partial charge on any atom is -0.381 e. The Bertz CT molecular complexity index is 217. The zero-order valence-corrected chi connectivity index (χ0v) is 12.0. The first-order valence-corrected chi connectivity index (χ1v) is 6.88. The highest BCUT2D eigenvalue weighted by atomic mass is 16.5. The highest BCUT2D eigenvalue weighted by Gasteiger charge is 2.31. The molecular weight excluding hydrogens is 212 g/mol. The van der Waals surface area contributed by atoms with E-state index in [1.54, 1.807) is 0 Å². The third kappa shape index (κ3) is 4.57. The number of rotatable bonds is 5. The average Bonchev–Trinajstić information content (AvgIpc) is 2.29. The summed E-state index contributed by atoms with van der Waals surface area (Å²) in [5.74, 6) is 0.678. The van der Waals surface area contributed by atoms with E-state index in [1.807, 2.05) is 0 Å². The molecule has 0 radical (unpaired) electrons. The van der Waals surface area contributed by atoms with Gasteiger partial charge < -0.3 is 15.8 Å². The maximum Gasteiger partial charge on any atom is 0.0472 e. The zero-order valence-electron chi connectivity index (χ0n) is 12.0. The Kier molecular flexibility index (Phi) is 5.42. The van der Waals surface area contributed by atoms with Crippen molar-refractivity contribution < 1.29 is 4.74 Å². The summed E-state index contributed by atoms with van der Waals surface area (Å²) in [5.41, 5.74) is 6.59. The number of hydrogen-bond donors (Lipinski definition) is 2. The maximum atomic E-state index is 5.95. The molecule has 0 amide bonds. The van der Waals surface area contributed by atoms with Gasteiger partial charge in [-0.25, -0.2) is 0 Å². The van der Waals surface area contributed by atoms with Crippen LogP contribution in [0.2, 0.25) is 0 Å². The third-order valence-corrected chi connectivity index (χ3v) is 4.42. The molecule has 1 fully saturated rings. The van der Waals surface area contributed by atoms with Gasteiger partial charge in [-0.05, 0) is 42.7 Å². The van der Waals surface area contributed by atoms with Gasteiger partial charge in [-0.1, -0.05) is 27.7 Å². The minimum absolute atomic E-state index is 0.274. The van der Waals surface area contributed by atoms with Crippen LogP contribution in [0, 0.1) is 16.7 Å². The molecule has 0 bridgehead atoms. The van der Waals surface area contributed by atoms with Gasteiger partial charge in [-0.15, -0.1) is 0 Å². The van der Waals surface area contributed by atoms with Crippen molar-refractivity contribution >= 4 is 0 Å². The summed E-state index contributed by atoms with van der Waals surface area (Å²) in [6.45, 7) is 13.8. The Morgan fingerprint density at radius 1 is 1.29 bits per heavy atom. The standard InChI is InChI=1S/C14H30N2O/c1-12(13(2,3)4)9-16-11-14(10-15)5-7-17-8-6-14/h12,16H,5-11,15H2,1-4H3. The lowest BCUT2D eigenvalue weighted by Gasteiger charge is -2.37. The molecule has 17 heavy (non-hydrogen) atoms. The molecule has 3 nitrogen and oxygen atoms in total. The molecule has 3 heteroatoms. The fraction of sp³-hybridized carbons (Fsp3) is 1.00. The highest BCUT2D eigenvalue weighted by molar-refractivity contribution is 4.85. The van der Waals surface area contributed by atoms with Crippen LogP contribution in [0.15, 0.2) is 0 Å². The van der Waals surface area contributed by atoms with Crippen molar-refractivity contribution in [2.75, 3.05) is 32.8 Å². The fourth-order valence-corrected chi connectivity index (χ4v) is 2.12. The van der Waals surface area contributed by atoms with Crippen molar-refractivity contribution in [1.29, 1.82) is 0 Å². The van der Waals surface area contributed by atoms with E-state index >= 15 is 0 Å². The van der Waals surface area contributed by atoms with Crippen LogP contribution >= 0.6 is 0 Å². The Hall–Kier alpha value is -0.120. The molecule has 1 unspecified atom stereocenters. The molecule has 1 aliphatic rings. The van der Waals surface area contributed by atoms with Crippen molar-refractivity contribution in [3.63, 3.8) is 0 Å². The van der Waals surface area contributed by atoms with E-state index in [4.69, 9.17) is 10.5 Å². The number of nitrogens with one attached hydrogen (secondary N) is 1. The predicted octanol–water partition coefficient (Wildman–Crippen LogP) is 2.01. The average molecular weight is 242 g/mol. The summed E-state index contributed by atoms with van der Waals surface area (Å²) in [7, 11) is 0. The molecule has 1 saturated heterocycles. The normalized spacial score (nSPS) is 22.4. The summed E-state index contributed by atoms with van der Waals surface area (Å²) in [6, 6.07) is 0. The van der Waals surface area contributed by atoms with Crippen LogP contribution in [0.3, 0.4) is 0 Å². The van der Waals surface area contributed by atoms with Crippen LogP contribution in [-0.4, -0.2) is 32.8 Å². The van der Waals surface area contributed by atoms with Crippen LogP contribution < -0.4 is 11.1 Å². The zero-order chi connectivity index (χ0) is 12.9. The maximum absolute atomic E-state index is 5.95. The van der Waals surface area contributed by atoms with Crippen molar-refractivity contribution in [1.82, 2.24) is 5.32 Å². The summed E-state index contributed by atoms with van der Waals surface area (Å²) >= 11 is 0. The highest BCUT2D eigenvalue weighted by Crippen LogP contribution is 2.29. The van der Waals surface area contributed by atoms with Crippen LogP contribution in [0.4, 0.5) is 0 Å². The molecule has 3 N–H and O–H groups in total. The lowest BCUT2D eigenvalue weighted by atomic mass is 9.79. The second kappa shape index (κ2) is 6.17. The van der Waals surface area contributed by atoms with Gasteiger partial charge in [-0.2, -0.15) is 0 Å². The number of nitrogens with two attached hydrogens (primary N) is 1. The van der Waals surface area contributed by atoms with E-state index in [1.165, 1.54) is 0 Å². The van der Waals surface area contributed by atoms with Gasteiger partial charge in [0.2, 0.25) is 0 Å². The van der Waals surface area contributed by atoms with Crippen molar-refractivity contribution in [2.24, 2.45) is 22.5 Å². The van der Waals surface area contributed by atoms with E-state index in [-0.39, 0.29) is 5.41 Å². The SMILES string of the molecule is CC(CNCC1(CN)CCOCC1)C(C)(C)C. The molecule has 0 spiro atoms. The number of ether oxygens (including phenoxy) is 1. The first kappa shape index (κ1) is 14.9. The summed E-state index contributed by atoms with van der Waals surface area (Å²) in [5, 5.41) is 3.62. The molecule has 1 rings (SSSR count). The molecule has 0 saturated carbocycles. The minimum atomic E-state index is 0.274. The van der Waals surface area contributed by atoms with Crippen molar-refractivity contribution in [2.45, 2.75) is 40.5 Å². The van der Waals surface area contributed by atoms with Gasteiger partial charge in [0.25, 0.3) is 0 Å². The second-order valence-corrected chi connectivity index (χ2v) is 6.71. The molecule has 1 atom stereocenters. The Labute approximate surface area is 106 Å². The number of hydrogen-bond acceptors (Lipinski definition) is 3. The lowest BCUT2D eigenvalue weighted by Crippen LogP contribution is -2.45. The molecule has 1 aliphatic heterocycles. The monoisotopic (exact) mass is 242 g/mol. The fourth-order valence-electron chi connectivity index (χ4n) is 2.12. The summed E-state index contributed by atoms with van der Waals surface area (Å²) in [4.78, 5) is 0. The van der Waals surface area contributed by atoms with E-state index < -0.39 is 0 Å². The first-order valence-electron chi connectivity index (χ1n) is 6.88.